The zero-order chi connectivity index (χ0) is 23.5. The molecule has 7 nitrogen and oxygen atoms in total. The summed E-state index contributed by atoms with van der Waals surface area (Å²) in [6.07, 6.45) is 1.61. The number of esters is 1. The van der Waals surface area contributed by atoms with Gasteiger partial charge >= 0.3 is 5.97 Å². The molecule has 0 unspecified atom stereocenters. The third-order valence-corrected chi connectivity index (χ3v) is 6.17. The second-order valence-electron chi connectivity index (χ2n) is 6.87. The molecule has 166 valence electrons. The van der Waals surface area contributed by atoms with Gasteiger partial charge in [-0.25, -0.2) is 14.2 Å². The third kappa shape index (κ3) is 5.55. The molecule has 0 bridgehead atoms. The van der Waals surface area contributed by atoms with Crippen molar-refractivity contribution in [3.8, 4) is 5.75 Å². The molecule has 0 amide bonds. The highest BCUT2D eigenvalue weighted by molar-refractivity contribution is 14.1. The van der Waals surface area contributed by atoms with Crippen molar-refractivity contribution in [1.82, 2.24) is 0 Å². The molecule has 10 heteroatoms. The first-order chi connectivity index (χ1) is 15.8. The molecule has 1 aliphatic rings. The molecule has 0 aromatic heterocycles. The summed E-state index contributed by atoms with van der Waals surface area (Å²) >= 11 is 4.29. The maximum atomic E-state index is 13.1. The van der Waals surface area contributed by atoms with Crippen molar-refractivity contribution in [1.29, 1.82) is 0 Å². The van der Waals surface area contributed by atoms with Crippen molar-refractivity contribution in [3.63, 3.8) is 0 Å². The van der Waals surface area contributed by atoms with Crippen LogP contribution in [0, 0.1) is 23.1 Å². The number of carbonyl (C=O) groups is 1. The number of hydrogen-bond acceptors (Lipinski definition) is 6. The number of carbonyl (C=O) groups excluding carboxylic acids is 1. The Kier molecular flexibility index (Phi) is 7.02. The summed E-state index contributed by atoms with van der Waals surface area (Å²) in [6.45, 7) is 0.294. The molecule has 3 aromatic rings. The summed E-state index contributed by atoms with van der Waals surface area (Å²) in [6, 6.07) is 15.4. The van der Waals surface area contributed by atoms with Crippen molar-refractivity contribution in [2.75, 3.05) is 0 Å². The lowest BCUT2D eigenvalue weighted by molar-refractivity contribution is -0.384. The van der Waals surface area contributed by atoms with Crippen LogP contribution in [0.2, 0.25) is 0 Å². The second-order valence-corrected chi connectivity index (χ2v) is 9.19. The van der Waals surface area contributed by atoms with Crippen LogP contribution in [-0.2, 0) is 16.1 Å². The van der Waals surface area contributed by atoms with Crippen LogP contribution in [-0.4, -0.2) is 16.8 Å². The highest BCUT2D eigenvalue weighted by Gasteiger charge is 2.25. The summed E-state index contributed by atoms with van der Waals surface area (Å²) in [7, 11) is 0. The maximum Gasteiger partial charge on any atom is 0.363 e. The van der Waals surface area contributed by atoms with Crippen LogP contribution < -0.4 is 4.74 Å². The lowest BCUT2D eigenvalue weighted by Crippen LogP contribution is -2.05. The predicted molar refractivity (Wildman–Crippen MR) is 136 cm³/mol. The number of ether oxygens (including phenoxy) is 2. The molecule has 1 aliphatic heterocycles. The molecule has 0 N–H and O–H groups in total. The normalized spacial score (nSPS) is 14.2. The Labute approximate surface area is 214 Å². The lowest BCUT2D eigenvalue weighted by Gasteiger charge is -2.11. The van der Waals surface area contributed by atoms with E-state index in [4.69, 9.17) is 9.47 Å². The number of nitro groups is 1. The van der Waals surface area contributed by atoms with Crippen LogP contribution in [0.15, 0.2) is 71.4 Å². The summed E-state index contributed by atoms with van der Waals surface area (Å²) < 4.78 is 25.9. The first-order valence-electron chi connectivity index (χ1n) is 9.44. The van der Waals surface area contributed by atoms with E-state index >= 15 is 0 Å². The standard InChI is InChI=1S/C23H13FI2N2O5/c24-16-5-1-13(2-6-16)12-32-21-18(25)9-14(10-19(21)26)11-20-23(29)33-22(27-20)15-3-7-17(8-4-15)28(30)31/h1-11H,12H2/b20-11-. The lowest BCUT2D eigenvalue weighted by atomic mass is 10.2. The van der Waals surface area contributed by atoms with E-state index < -0.39 is 10.9 Å². The Hall–Kier alpha value is -2.87. The molecular weight excluding hydrogens is 657 g/mol. The Bertz CT molecular complexity index is 1280. The molecule has 0 radical (unpaired) electrons. The quantitative estimate of drug-likeness (QED) is 0.108. The van der Waals surface area contributed by atoms with Gasteiger partial charge in [0.2, 0.25) is 5.90 Å². The van der Waals surface area contributed by atoms with Gasteiger partial charge < -0.3 is 9.47 Å². The highest BCUT2D eigenvalue weighted by atomic mass is 127. The minimum absolute atomic E-state index is 0.0645. The number of cyclic esters (lactones) is 1. The fourth-order valence-electron chi connectivity index (χ4n) is 2.95. The van der Waals surface area contributed by atoms with Gasteiger partial charge in [0, 0.05) is 17.7 Å². The fraction of sp³-hybridized carbons (Fsp3) is 0.0435. The summed E-state index contributed by atoms with van der Waals surface area (Å²) in [4.78, 5) is 26.8. The van der Waals surface area contributed by atoms with Crippen LogP contribution >= 0.6 is 45.2 Å². The Morgan fingerprint density at radius 1 is 1.06 bits per heavy atom. The smallest absolute Gasteiger partial charge is 0.363 e. The molecule has 0 fully saturated rings. The molecule has 33 heavy (non-hydrogen) atoms. The number of halogens is 3. The van der Waals surface area contributed by atoms with Crippen LogP contribution in [0.5, 0.6) is 5.75 Å². The van der Waals surface area contributed by atoms with Crippen molar-refractivity contribution in [2.24, 2.45) is 4.99 Å². The van der Waals surface area contributed by atoms with E-state index in [1.54, 1.807) is 18.2 Å². The monoisotopic (exact) mass is 670 g/mol. The third-order valence-electron chi connectivity index (χ3n) is 4.57. The SMILES string of the molecule is O=C1OC(c2ccc([N+](=O)[O-])cc2)=N/C1=C\c1cc(I)c(OCc2ccc(F)cc2)c(I)c1. The van der Waals surface area contributed by atoms with Crippen molar-refractivity contribution >= 4 is 68.8 Å². The van der Waals surface area contributed by atoms with E-state index in [2.05, 4.69) is 50.2 Å². The van der Waals surface area contributed by atoms with Crippen LogP contribution in [0.1, 0.15) is 16.7 Å². The summed E-state index contributed by atoms with van der Waals surface area (Å²) in [5.74, 6) is -0.133. The number of benzene rings is 3. The first kappa shape index (κ1) is 23.3. The van der Waals surface area contributed by atoms with Gasteiger partial charge in [-0.1, -0.05) is 12.1 Å². The topological polar surface area (TPSA) is 91.0 Å². The van der Waals surface area contributed by atoms with Crippen molar-refractivity contribution in [3.05, 3.63) is 106 Å². The van der Waals surface area contributed by atoms with E-state index in [0.717, 1.165) is 18.3 Å². The van der Waals surface area contributed by atoms with E-state index in [1.165, 1.54) is 36.4 Å². The molecule has 4 rings (SSSR count). The molecule has 1 heterocycles. The molecular formula is C23H13FI2N2O5. The van der Waals surface area contributed by atoms with Gasteiger partial charge in [0.25, 0.3) is 5.69 Å². The van der Waals surface area contributed by atoms with Crippen LogP contribution in [0.4, 0.5) is 10.1 Å². The summed E-state index contributed by atoms with van der Waals surface area (Å²) in [5.41, 5.74) is 2.10. The number of nitrogens with zero attached hydrogens (tertiary/aromatic N) is 2. The average Bonchev–Trinajstić information content (AvgIpc) is 3.14. The van der Waals surface area contributed by atoms with Gasteiger partial charge in [0.15, 0.2) is 5.70 Å². The highest BCUT2D eigenvalue weighted by Crippen LogP contribution is 2.31. The van der Waals surface area contributed by atoms with E-state index in [9.17, 15) is 19.3 Å². The van der Waals surface area contributed by atoms with Crippen LogP contribution in [0.3, 0.4) is 0 Å². The van der Waals surface area contributed by atoms with Gasteiger partial charge in [0.05, 0.1) is 12.1 Å². The molecule has 0 spiro atoms. The molecule has 3 aromatic carbocycles. The number of rotatable bonds is 6. The Morgan fingerprint density at radius 3 is 2.30 bits per heavy atom. The number of hydrogen-bond donors (Lipinski definition) is 0. The van der Waals surface area contributed by atoms with E-state index in [-0.39, 0.29) is 23.1 Å². The van der Waals surface area contributed by atoms with Gasteiger partial charge in [-0.15, -0.1) is 0 Å². The molecule has 0 atom stereocenters. The predicted octanol–water partition coefficient (Wildman–Crippen LogP) is 5.87. The second kappa shape index (κ2) is 9.95. The minimum atomic E-state index is -0.606. The fourth-order valence-corrected chi connectivity index (χ4v) is 5.08. The Balaban J connectivity index is 1.53. The van der Waals surface area contributed by atoms with Crippen molar-refractivity contribution in [2.45, 2.75) is 6.61 Å². The number of non-ortho nitro benzene ring substituents is 1. The van der Waals surface area contributed by atoms with E-state index in [0.29, 0.717) is 17.9 Å². The molecule has 0 aliphatic carbocycles. The average molecular weight is 670 g/mol. The van der Waals surface area contributed by atoms with Gasteiger partial charge in [-0.05, 0) is 98.8 Å². The van der Waals surface area contributed by atoms with E-state index in [1.807, 2.05) is 12.1 Å². The van der Waals surface area contributed by atoms with Crippen LogP contribution in [0.25, 0.3) is 6.08 Å². The molecule has 0 saturated carbocycles. The first-order valence-corrected chi connectivity index (χ1v) is 11.6. The largest absolute Gasteiger partial charge is 0.487 e. The number of nitro benzene ring substituents is 1. The van der Waals surface area contributed by atoms with Gasteiger partial charge in [0.1, 0.15) is 18.2 Å². The zero-order valence-electron chi connectivity index (χ0n) is 16.6. The van der Waals surface area contributed by atoms with Gasteiger partial charge in [-0.2, -0.15) is 0 Å². The summed E-state index contributed by atoms with van der Waals surface area (Å²) in [5, 5.41) is 10.8. The van der Waals surface area contributed by atoms with Crippen molar-refractivity contribution < 1.29 is 23.6 Å². The minimum Gasteiger partial charge on any atom is -0.487 e. The zero-order valence-corrected chi connectivity index (χ0v) is 20.9. The molecule has 0 saturated heterocycles. The van der Waals surface area contributed by atoms with Gasteiger partial charge in [-0.3, -0.25) is 10.1 Å². The Morgan fingerprint density at radius 2 is 1.70 bits per heavy atom. The number of aliphatic imine (C=N–C) groups is 1. The maximum absolute atomic E-state index is 13.1.